The van der Waals surface area contributed by atoms with Crippen LogP contribution in [0.2, 0.25) is 5.02 Å². The molecule has 36 heavy (non-hydrogen) atoms. The van der Waals surface area contributed by atoms with Gasteiger partial charge in [0.25, 0.3) is 0 Å². The molecule has 1 heterocycles. The van der Waals surface area contributed by atoms with Crippen LogP contribution in [0.5, 0.6) is 5.75 Å². The highest BCUT2D eigenvalue weighted by atomic mass is 35.5. The van der Waals surface area contributed by atoms with Crippen LogP contribution in [0.15, 0.2) is 97.1 Å². The molecule has 1 aromatic heterocycles. The fraction of sp³-hybridized carbons (Fsp3) is 0.0645. The molecule has 0 radical (unpaired) electrons. The average Bonchev–Trinajstić information content (AvgIpc) is 3.22. The maximum absolute atomic E-state index is 12.7. The molecule has 0 amide bonds. The number of methoxy groups -OCH3 is 1. The molecule has 0 spiro atoms. The second-order valence-corrected chi connectivity index (χ2v) is 9.29. The molecule has 4 nitrogen and oxygen atoms in total. The first kappa shape index (κ1) is 22.2. The van der Waals surface area contributed by atoms with Crippen LogP contribution >= 0.6 is 11.6 Å². The maximum atomic E-state index is 12.7. The zero-order valence-corrected chi connectivity index (χ0v) is 20.3. The van der Waals surface area contributed by atoms with E-state index in [9.17, 15) is 9.90 Å². The number of phenols is 1. The molecule has 0 aliphatic heterocycles. The first-order chi connectivity index (χ1) is 17.5. The van der Waals surface area contributed by atoms with Gasteiger partial charge in [0.2, 0.25) is 0 Å². The third-order valence-corrected chi connectivity index (χ3v) is 6.96. The van der Waals surface area contributed by atoms with Crippen molar-refractivity contribution in [1.82, 2.24) is 4.57 Å². The Bertz CT molecular complexity index is 1780. The van der Waals surface area contributed by atoms with Gasteiger partial charge in [0, 0.05) is 17.0 Å². The van der Waals surface area contributed by atoms with E-state index in [0.29, 0.717) is 27.9 Å². The van der Waals surface area contributed by atoms with Crippen LogP contribution in [-0.4, -0.2) is 22.8 Å². The van der Waals surface area contributed by atoms with Gasteiger partial charge in [-0.2, -0.15) is 0 Å². The van der Waals surface area contributed by atoms with Gasteiger partial charge in [0.05, 0.1) is 29.1 Å². The highest BCUT2D eigenvalue weighted by Crippen LogP contribution is 2.41. The van der Waals surface area contributed by atoms with Gasteiger partial charge in [-0.25, -0.2) is 4.79 Å². The van der Waals surface area contributed by atoms with Crippen molar-refractivity contribution in [1.29, 1.82) is 0 Å². The van der Waals surface area contributed by atoms with Crippen molar-refractivity contribution in [3.8, 4) is 16.9 Å². The minimum atomic E-state index is -0.438. The number of hydrogen-bond donors (Lipinski definition) is 1. The molecule has 5 heteroatoms. The van der Waals surface area contributed by atoms with Gasteiger partial charge in [-0.1, -0.05) is 66.2 Å². The summed E-state index contributed by atoms with van der Waals surface area (Å²) in [4.78, 5) is 12.7. The number of carbonyl (C=O) groups excluding carboxylic acids is 1. The van der Waals surface area contributed by atoms with Crippen molar-refractivity contribution < 1.29 is 14.6 Å². The van der Waals surface area contributed by atoms with Gasteiger partial charge in [0.1, 0.15) is 5.75 Å². The van der Waals surface area contributed by atoms with E-state index >= 15 is 0 Å². The number of phenolic OH excluding ortho intramolecular Hbond substituents is 1. The number of ether oxygens (including phenoxy) is 1. The van der Waals surface area contributed by atoms with Crippen molar-refractivity contribution in [3.05, 3.63) is 113 Å². The molecule has 0 aliphatic rings. The normalized spacial score (nSPS) is 11.4. The van der Waals surface area contributed by atoms with E-state index in [2.05, 4.69) is 41.0 Å². The molecular formula is C31H22ClNO3. The molecule has 5 aromatic carbocycles. The standard InChI is InChI=1S/C31H22ClNO3/c1-36-31(35)25-7-4-8-26-29(25)30-27(16-23(17-28(30)34)21-11-13-24(32)14-12-21)33(26)18-19-9-10-20-5-2-3-6-22(20)15-19/h2-17,34H,18H2,1H3. The average molecular weight is 492 g/mol. The molecule has 0 bridgehead atoms. The maximum Gasteiger partial charge on any atom is 0.338 e. The van der Waals surface area contributed by atoms with E-state index in [1.807, 2.05) is 48.5 Å². The van der Waals surface area contributed by atoms with Gasteiger partial charge in [-0.3, -0.25) is 0 Å². The number of fused-ring (bicyclic) bond motifs is 4. The minimum Gasteiger partial charge on any atom is -0.507 e. The number of nitrogens with zero attached hydrogens (tertiary/aromatic N) is 1. The number of aromatic hydroxyl groups is 1. The Labute approximate surface area is 212 Å². The summed E-state index contributed by atoms with van der Waals surface area (Å²) in [7, 11) is 1.37. The van der Waals surface area contributed by atoms with E-state index in [1.54, 1.807) is 12.1 Å². The fourth-order valence-electron chi connectivity index (χ4n) is 5.02. The van der Waals surface area contributed by atoms with Crippen molar-refractivity contribution in [2.45, 2.75) is 6.54 Å². The zero-order chi connectivity index (χ0) is 24.8. The van der Waals surface area contributed by atoms with Gasteiger partial charge in [0.15, 0.2) is 0 Å². The highest BCUT2D eigenvalue weighted by Gasteiger charge is 2.21. The summed E-state index contributed by atoms with van der Waals surface area (Å²) in [5, 5.41) is 15.6. The number of benzene rings is 5. The van der Waals surface area contributed by atoms with Gasteiger partial charge < -0.3 is 14.4 Å². The van der Waals surface area contributed by atoms with Crippen LogP contribution in [0.3, 0.4) is 0 Å². The Kier molecular flexibility index (Phi) is 5.39. The first-order valence-corrected chi connectivity index (χ1v) is 12.0. The molecule has 0 aliphatic carbocycles. The molecule has 0 saturated carbocycles. The highest BCUT2D eigenvalue weighted by molar-refractivity contribution is 6.30. The smallest absolute Gasteiger partial charge is 0.338 e. The van der Waals surface area contributed by atoms with Gasteiger partial charge >= 0.3 is 5.97 Å². The van der Waals surface area contributed by atoms with E-state index in [-0.39, 0.29) is 5.75 Å². The Morgan fingerprint density at radius 1 is 0.806 bits per heavy atom. The van der Waals surface area contributed by atoms with Crippen molar-refractivity contribution in [2.24, 2.45) is 0 Å². The summed E-state index contributed by atoms with van der Waals surface area (Å²) in [5.41, 5.74) is 5.02. The molecule has 1 N–H and O–H groups in total. The minimum absolute atomic E-state index is 0.107. The Balaban J connectivity index is 1.64. The monoisotopic (exact) mass is 491 g/mol. The third kappa shape index (κ3) is 3.67. The largest absolute Gasteiger partial charge is 0.507 e. The van der Waals surface area contributed by atoms with Gasteiger partial charge in [-0.15, -0.1) is 0 Å². The molecule has 0 saturated heterocycles. The SMILES string of the molecule is COC(=O)c1cccc2c1c1c(O)cc(-c3ccc(Cl)cc3)cc1n2Cc1ccc2ccccc2c1. The van der Waals surface area contributed by atoms with Crippen LogP contribution in [0.1, 0.15) is 15.9 Å². The van der Waals surface area contributed by atoms with Crippen LogP contribution in [-0.2, 0) is 11.3 Å². The van der Waals surface area contributed by atoms with E-state index in [4.69, 9.17) is 16.3 Å². The van der Waals surface area contributed by atoms with Gasteiger partial charge in [-0.05, 0) is 69.9 Å². The third-order valence-electron chi connectivity index (χ3n) is 6.71. The number of esters is 1. The van der Waals surface area contributed by atoms with Crippen LogP contribution < -0.4 is 0 Å². The van der Waals surface area contributed by atoms with Crippen LogP contribution in [0.25, 0.3) is 43.7 Å². The predicted octanol–water partition coefficient (Wildman–Crippen LogP) is 7.81. The fourth-order valence-corrected chi connectivity index (χ4v) is 5.14. The summed E-state index contributed by atoms with van der Waals surface area (Å²) in [6.07, 6.45) is 0. The summed E-state index contributed by atoms with van der Waals surface area (Å²) in [6, 6.07) is 31.6. The predicted molar refractivity (Wildman–Crippen MR) is 146 cm³/mol. The lowest BCUT2D eigenvalue weighted by molar-refractivity contribution is 0.0603. The lowest BCUT2D eigenvalue weighted by Crippen LogP contribution is -2.03. The quantitative estimate of drug-likeness (QED) is 0.256. The summed E-state index contributed by atoms with van der Waals surface area (Å²) in [6.45, 7) is 0.568. The summed E-state index contributed by atoms with van der Waals surface area (Å²) < 4.78 is 7.22. The molecular weight excluding hydrogens is 470 g/mol. The Morgan fingerprint density at radius 2 is 1.58 bits per heavy atom. The number of carbonyl (C=O) groups is 1. The van der Waals surface area contributed by atoms with E-state index in [0.717, 1.165) is 33.1 Å². The molecule has 6 rings (SSSR count). The van der Waals surface area contributed by atoms with Crippen molar-refractivity contribution in [2.75, 3.05) is 7.11 Å². The van der Waals surface area contributed by atoms with E-state index in [1.165, 1.54) is 12.5 Å². The molecule has 6 aromatic rings. The van der Waals surface area contributed by atoms with Crippen LogP contribution in [0.4, 0.5) is 0 Å². The van der Waals surface area contributed by atoms with Crippen LogP contribution in [0, 0.1) is 0 Å². The second kappa shape index (κ2) is 8.74. The van der Waals surface area contributed by atoms with Crippen molar-refractivity contribution >= 4 is 50.1 Å². The summed E-state index contributed by atoms with van der Waals surface area (Å²) in [5.74, 6) is -0.331. The Hall–Kier alpha value is -4.28. The number of aromatic nitrogens is 1. The molecule has 176 valence electrons. The first-order valence-electron chi connectivity index (χ1n) is 11.6. The topological polar surface area (TPSA) is 51.5 Å². The van der Waals surface area contributed by atoms with Crippen molar-refractivity contribution in [3.63, 3.8) is 0 Å². The Morgan fingerprint density at radius 3 is 2.36 bits per heavy atom. The second-order valence-electron chi connectivity index (χ2n) is 8.86. The molecule has 0 fully saturated rings. The lowest BCUT2D eigenvalue weighted by Gasteiger charge is -2.11. The molecule has 0 unspecified atom stereocenters. The number of rotatable bonds is 4. The number of halogens is 1. The zero-order valence-electron chi connectivity index (χ0n) is 19.5. The lowest BCUT2D eigenvalue weighted by atomic mass is 10.0. The molecule has 0 atom stereocenters. The van der Waals surface area contributed by atoms with E-state index < -0.39 is 5.97 Å². The number of hydrogen-bond acceptors (Lipinski definition) is 3. The summed E-state index contributed by atoms with van der Waals surface area (Å²) >= 11 is 6.10.